The molecular formula is C17H19FN2O. The number of carbonyl (C=O) groups is 1. The Labute approximate surface area is 124 Å². The predicted octanol–water partition coefficient (Wildman–Crippen LogP) is 4.35. The molecule has 110 valence electrons. The molecule has 2 N–H and O–H groups in total. The van der Waals surface area contributed by atoms with Gasteiger partial charge in [0.25, 0.3) is 0 Å². The number of hydrogen-bond donors (Lipinski definition) is 2. The molecule has 0 aliphatic heterocycles. The first-order chi connectivity index (χ1) is 10.1. The Balaban J connectivity index is 2.14. The molecule has 2 rings (SSSR count). The quantitative estimate of drug-likeness (QED) is 0.858. The summed E-state index contributed by atoms with van der Waals surface area (Å²) in [4.78, 5) is 11.1. The van der Waals surface area contributed by atoms with E-state index in [1.54, 1.807) is 12.1 Å². The number of rotatable bonds is 5. The van der Waals surface area contributed by atoms with Crippen LogP contribution in [0.4, 0.5) is 15.8 Å². The Morgan fingerprint density at radius 1 is 1.14 bits per heavy atom. The summed E-state index contributed by atoms with van der Waals surface area (Å²) in [6.45, 7) is 3.55. The number of anilines is 2. The van der Waals surface area contributed by atoms with E-state index in [4.69, 9.17) is 0 Å². The molecule has 0 fully saturated rings. The molecule has 0 aliphatic rings. The summed E-state index contributed by atoms with van der Waals surface area (Å²) in [6.07, 6.45) is 0.871. The zero-order chi connectivity index (χ0) is 15.2. The van der Waals surface area contributed by atoms with Gasteiger partial charge in [-0.1, -0.05) is 25.1 Å². The third-order valence-corrected chi connectivity index (χ3v) is 3.20. The van der Waals surface area contributed by atoms with Gasteiger partial charge in [-0.25, -0.2) is 4.39 Å². The lowest BCUT2D eigenvalue weighted by Gasteiger charge is -2.19. The second-order valence-electron chi connectivity index (χ2n) is 4.92. The first-order valence-electron chi connectivity index (χ1n) is 6.98. The van der Waals surface area contributed by atoms with E-state index in [1.807, 2.05) is 24.3 Å². The predicted molar refractivity (Wildman–Crippen MR) is 83.8 cm³/mol. The maximum atomic E-state index is 13.0. The van der Waals surface area contributed by atoms with E-state index in [1.165, 1.54) is 19.1 Å². The number of halogens is 1. The molecule has 2 aromatic carbocycles. The Morgan fingerprint density at radius 3 is 2.43 bits per heavy atom. The molecule has 0 aromatic heterocycles. The molecule has 0 spiro atoms. The highest BCUT2D eigenvalue weighted by Crippen LogP contribution is 2.24. The normalized spacial score (nSPS) is 11.8. The number of hydrogen-bond acceptors (Lipinski definition) is 2. The SMILES string of the molecule is CC[C@H](Nc1cccc(NC(C)=O)c1)c1ccc(F)cc1. The van der Waals surface area contributed by atoms with Crippen molar-refractivity contribution in [1.82, 2.24) is 0 Å². The monoisotopic (exact) mass is 286 g/mol. The van der Waals surface area contributed by atoms with Gasteiger partial charge in [0.15, 0.2) is 0 Å². The van der Waals surface area contributed by atoms with Gasteiger partial charge in [0.1, 0.15) is 5.82 Å². The molecule has 3 nitrogen and oxygen atoms in total. The average Bonchev–Trinajstić information content (AvgIpc) is 2.45. The number of amides is 1. The van der Waals surface area contributed by atoms with Gasteiger partial charge in [-0.15, -0.1) is 0 Å². The van der Waals surface area contributed by atoms with Crippen molar-refractivity contribution in [3.05, 3.63) is 59.9 Å². The van der Waals surface area contributed by atoms with Crippen LogP contribution in [0.3, 0.4) is 0 Å². The molecule has 0 bridgehead atoms. The highest BCUT2D eigenvalue weighted by atomic mass is 19.1. The Hall–Kier alpha value is -2.36. The van der Waals surface area contributed by atoms with E-state index >= 15 is 0 Å². The molecule has 2 aromatic rings. The molecule has 0 saturated heterocycles. The van der Waals surface area contributed by atoms with Crippen LogP contribution >= 0.6 is 0 Å². The van der Waals surface area contributed by atoms with Crippen LogP contribution in [-0.4, -0.2) is 5.91 Å². The summed E-state index contributed by atoms with van der Waals surface area (Å²) in [6, 6.07) is 14.1. The van der Waals surface area contributed by atoms with Crippen molar-refractivity contribution in [2.75, 3.05) is 10.6 Å². The summed E-state index contributed by atoms with van der Waals surface area (Å²) < 4.78 is 13.0. The third kappa shape index (κ3) is 4.31. The molecule has 1 amide bonds. The van der Waals surface area contributed by atoms with Crippen LogP contribution in [0, 0.1) is 5.82 Å². The fourth-order valence-electron chi connectivity index (χ4n) is 2.21. The minimum atomic E-state index is -0.235. The molecule has 4 heteroatoms. The van der Waals surface area contributed by atoms with Crippen LogP contribution in [-0.2, 0) is 4.79 Å². The van der Waals surface area contributed by atoms with Crippen molar-refractivity contribution < 1.29 is 9.18 Å². The van der Waals surface area contributed by atoms with E-state index < -0.39 is 0 Å². The topological polar surface area (TPSA) is 41.1 Å². The summed E-state index contributed by atoms with van der Waals surface area (Å²) in [7, 11) is 0. The van der Waals surface area contributed by atoms with Crippen molar-refractivity contribution in [2.24, 2.45) is 0 Å². The van der Waals surface area contributed by atoms with Gasteiger partial charge in [-0.05, 0) is 42.3 Å². The van der Waals surface area contributed by atoms with Crippen LogP contribution < -0.4 is 10.6 Å². The standard InChI is InChI=1S/C17H19FN2O/c1-3-17(13-7-9-14(18)10-8-13)20-16-6-4-5-15(11-16)19-12(2)21/h4-11,17,20H,3H2,1-2H3,(H,19,21)/t17-/m0/s1. The van der Waals surface area contributed by atoms with Crippen LogP contribution in [0.2, 0.25) is 0 Å². The fraction of sp³-hybridized carbons (Fsp3) is 0.235. The van der Waals surface area contributed by atoms with Crippen molar-refractivity contribution in [2.45, 2.75) is 26.3 Å². The molecule has 1 atom stereocenters. The minimum Gasteiger partial charge on any atom is -0.378 e. The van der Waals surface area contributed by atoms with E-state index in [0.717, 1.165) is 23.4 Å². The maximum absolute atomic E-state index is 13.0. The molecule has 0 unspecified atom stereocenters. The molecule has 0 aliphatic carbocycles. The second-order valence-corrected chi connectivity index (χ2v) is 4.92. The van der Waals surface area contributed by atoms with Crippen molar-refractivity contribution >= 4 is 17.3 Å². The molecule has 21 heavy (non-hydrogen) atoms. The van der Waals surface area contributed by atoms with Crippen molar-refractivity contribution in [3.63, 3.8) is 0 Å². The average molecular weight is 286 g/mol. The lowest BCUT2D eigenvalue weighted by Crippen LogP contribution is -2.10. The summed E-state index contributed by atoms with van der Waals surface area (Å²) in [5, 5.41) is 6.16. The molecular weight excluding hydrogens is 267 g/mol. The highest BCUT2D eigenvalue weighted by molar-refractivity contribution is 5.89. The van der Waals surface area contributed by atoms with E-state index in [-0.39, 0.29) is 17.8 Å². The largest absolute Gasteiger partial charge is 0.378 e. The van der Waals surface area contributed by atoms with Crippen molar-refractivity contribution in [1.29, 1.82) is 0 Å². The Morgan fingerprint density at radius 2 is 1.81 bits per heavy atom. The van der Waals surface area contributed by atoms with Crippen LogP contribution in [0.25, 0.3) is 0 Å². The second kappa shape index (κ2) is 6.88. The first kappa shape index (κ1) is 15.0. The van der Waals surface area contributed by atoms with Crippen LogP contribution in [0.5, 0.6) is 0 Å². The van der Waals surface area contributed by atoms with E-state index in [9.17, 15) is 9.18 Å². The smallest absolute Gasteiger partial charge is 0.221 e. The van der Waals surface area contributed by atoms with Gasteiger partial charge in [0.2, 0.25) is 5.91 Å². The van der Waals surface area contributed by atoms with E-state index in [0.29, 0.717) is 0 Å². The van der Waals surface area contributed by atoms with Gasteiger partial charge in [-0.3, -0.25) is 4.79 Å². The molecule has 0 radical (unpaired) electrons. The first-order valence-corrected chi connectivity index (χ1v) is 6.98. The number of carbonyl (C=O) groups excluding carboxylic acids is 1. The van der Waals surface area contributed by atoms with Gasteiger partial charge in [0, 0.05) is 18.3 Å². The minimum absolute atomic E-state index is 0.0955. The summed E-state index contributed by atoms with van der Waals surface area (Å²) in [5.41, 5.74) is 2.70. The summed E-state index contributed by atoms with van der Waals surface area (Å²) in [5.74, 6) is -0.334. The summed E-state index contributed by atoms with van der Waals surface area (Å²) >= 11 is 0. The lowest BCUT2D eigenvalue weighted by atomic mass is 10.0. The fourth-order valence-corrected chi connectivity index (χ4v) is 2.21. The van der Waals surface area contributed by atoms with Gasteiger partial charge < -0.3 is 10.6 Å². The van der Waals surface area contributed by atoms with Gasteiger partial charge in [-0.2, -0.15) is 0 Å². The Bertz CT molecular complexity index is 610. The van der Waals surface area contributed by atoms with Crippen LogP contribution in [0.1, 0.15) is 31.9 Å². The molecule has 0 saturated carbocycles. The van der Waals surface area contributed by atoms with Crippen LogP contribution in [0.15, 0.2) is 48.5 Å². The maximum Gasteiger partial charge on any atom is 0.221 e. The Kier molecular flexibility index (Phi) is 4.93. The zero-order valence-corrected chi connectivity index (χ0v) is 12.2. The van der Waals surface area contributed by atoms with Gasteiger partial charge in [0.05, 0.1) is 6.04 Å². The van der Waals surface area contributed by atoms with E-state index in [2.05, 4.69) is 17.6 Å². The third-order valence-electron chi connectivity index (χ3n) is 3.20. The molecule has 0 heterocycles. The highest BCUT2D eigenvalue weighted by Gasteiger charge is 2.09. The van der Waals surface area contributed by atoms with Gasteiger partial charge >= 0.3 is 0 Å². The lowest BCUT2D eigenvalue weighted by molar-refractivity contribution is -0.114. The number of benzene rings is 2. The zero-order valence-electron chi connectivity index (χ0n) is 12.2. The number of nitrogens with one attached hydrogen (secondary N) is 2. The van der Waals surface area contributed by atoms with Crippen molar-refractivity contribution in [3.8, 4) is 0 Å².